The quantitative estimate of drug-likeness (QED) is 0.624. The van der Waals surface area contributed by atoms with E-state index in [2.05, 4.69) is 19.9 Å². The third-order valence-corrected chi connectivity index (χ3v) is 4.32. The van der Waals surface area contributed by atoms with E-state index >= 15 is 0 Å². The maximum atomic E-state index is 5.97. The first-order valence-electron chi connectivity index (χ1n) is 7.47. The van der Waals surface area contributed by atoms with Crippen LogP contribution in [0.1, 0.15) is 18.4 Å². The molecule has 0 aromatic carbocycles. The summed E-state index contributed by atoms with van der Waals surface area (Å²) in [6.45, 7) is 2.98. The minimum Gasteiger partial charge on any atom is -0.489 e. The van der Waals surface area contributed by atoms with E-state index in [1.165, 1.54) is 5.56 Å². The van der Waals surface area contributed by atoms with Crippen molar-refractivity contribution in [1.82, 2.24) is 19.9 Å². The molecule has 116 valence electrons. The average Bonchev–Trinajstić information content (AvgIpc) is 2.58. The zero-order valence-corrected chi connectivity index (χ0v) is 13.5. The molecular weight excluding hydrogens is 296 g/mol. The molecule has 1 aliphatic rings. The van der Waals surface area contributed by atoms with Crippen molar-refractivity contribution in [3.05, 3.63) is 42.5 Å². The minimum atomic E-state index is 0.288. The third-order valence-electron chi connectivity index (χ3n) is 3.74. The molecule has 0 unspecified atom stereocenters. The monoisotopic (exact) mass is 316 g/mol. The van der Waals surface area contributed by atoms with Crippen molar-refractivity contribution in [2.45, 2.75) is 30.6 Å². The van der Waals surface area contributed by atoms with Crippen LogP contribution in [-0.4, -0.2) is 45.3 Å². The van der Waals surface area contributed by atoms with Gasteiger partial charge in [-0.15, -0.1) is 0 Å². The van der Waals surface area contributed by atoms with Gasteiger partial charge in [-0.3, -0.25) is 9.88 Å². The molecular formula is C16H20N4OS. The molecule has 1 fully saturated rings. The van der Waals surface area contributed by atoms with Crippen molar-refractivity contribution in [2.75, 3.05) is 19.3 Å². The van der Waals surface area contributed by atoms with Gasteiger partial charge in [0.2, 0.25) is 0 Å². The summed E-state index contributed by atoms with van der Waals surface area (Å²) in [5.41, 5.74) is 1.17. The molecule has 5 nitrogen and oxygen atoms in total. The molecule has 0 saturated carbocycles. The summed E-state index contributed by atoms with van der Waals surface area (Å²) in [5, 5.41) is 0.826. The smallest absolute Gasteiger partial charge is 0.187 e. The van der Waals surface area contributed by atoms with E-state index in [0.717, 1.165) is 43.4 Å². The van der Waals surface area contributed by atoms with Crippen LogP contribution in [-0.2, 0) is 6.54 Å². The standard InChI is InChI=1S/C16H20N4OS/c1-22-16-18-9-13(10-19-16)12-20-7-4-14(5-8-20)21-15-3-2-6-17-11-15/h2-3,6,9-11,14H,4-5,7-8,12H2,1H3. The van der Waals surface area contributed by atoms with E-state index in [0.29, 0.717) is 0 Å². The second-order valence-electron chi connectivity index (χ2n) is 5.36. The summed E-state index contributed by atoms with van der Waals surface area (Å²) in [6.07, 6.45) is 11.8. The van der Waals surface area contributed by atoms with Gasteiger partial charge in [-0.05, 0) is 31.2 Å². The lowest BCUT2D eigenvalue weighted by Crippen LogP contribution is -2.37. The number of pyridine rings is 1. The van der Waals surface area contributed by atoms with Crippen LogP contribution in [0.15, 0.2) is 42.1 Å². The van der Waals surface area contributed by atoms with Gasteiger partial charge in [-0.25, -0.2) is 9.97 Å². The van der Waals surface area contributed by atoms with Gasteiger partial charge in [0.15, 0.2) is 5.16 Å². The summed E-state index contributed by atoms with van der Waals surface area (Å²) in [7, 11) is 0. The third kappa shape index (κ3) is 4.18. The highest BCUT2D eigenvalue weighted by atomic mass is 32.2. The number of ether oxygens (including phenoxy) is 1. The normalized spacial score (nSPS) is 16.6. The number of hydrogen-bond acceptors (Lipinski definition) is 6. The minimum absolute atomic E-state index is 0.288. The van der Waals surface area contributed by atoms with Crippen LogP contribution >= 0.6 is 11.8 Å². The van der Waals surface area contributed by atoms with Gasteiger partial charge in [0.25, 0.3) is 0 Å². The van der Waals surface area contributed by atoms with Gasteiger partial charge in [0.1, 0.15) is 11.9 Å². The SMILES string of the molecule is CSc1ncc(CN2CCC(Oc3cccnc3)CC2)cn1. The summed E-state index contributed by atoms with van der Waals surface area (Å²) in [4.78, 5) is 15.2. The first-order valence-corrected chi connectivity index (χ1v) is 8.70. The molecule has 2 aromatic rings. The fraction of sp³-hybridized carbons (Fsp3) is 0.438. The van der Waals surface area contributed by atoms with Crippen molar-refractivity contribution in [2.24, 2.45) is 0 Å². The molecule has 0 aliphatic carbocycles. The molecule has 1 aliphatic heterocycles. The largest absolute Gasteiger partial charge is 0.489 e. The predicted molar refractivity (Wildman–Crippen MR) is 87.0 cm³/mol. The van der Waals surface area contributed by atoms with Gasteiger partial charge < -0.3 is 4.74 Å². The van der Waals surface area contributed by atoms with Gasteiger partial charge in [-0.1, -0.05) is 11.8 Å². The van der Waals surface area contributed by atoms with Crippen LogP contribution in [0.25, 0.3) is 0 Å². The lowest BCUT2D eigenvalue weighted by Gasteiger charge is -2.31. The van der Waals surface area contributed by atoms with E-state index in [-0.39, 0.29) is 6.10 Å². The number of likely N-dealkylation sites (tertiary alicyclic amines) is 1. The molecule has 1 saturated heterocycles. The van der Waals surface area contributed by atoms with Crippen LogP contribution in [0.5, 0.6) is 5.75 Å². The van der Waals surface area contributed by atoms with Gasteiger partial charge in [-0.2, -0.15) is 0 Å². The second-order valence-corrected chi connectivity index (χ2v) is 6.13. The molecule has 0 amide bonds. The first-order chi connectivity index (χ1) is 10.8. The Morgan fingerprint density at radius 2 is 2.00 bits per heavy atom. The molecule has 2 aromatic heterocycles. The molecule has 0 bridgehead atoms. The van der Waals surface area contributed by atoms with Crippen LogP contribution in [0.3, 0.4) is 0 Å². The molecule has 3 heterocycles. The Hall–Kier alpha value is -1.66. The van der Waals surface area contributed by atoms with E-state index in [4.69, 9.17) is 4.74 Å². The van der Waals surface area contributed by atoms with Crippen molar-refractivity contribution in [1.29, 1.82) is 0 Å². The number of aromatic nitrogens is 3. The van der Waals surface area contributed by atoms with Crippen LogP contribution < -0.4 is 4.74 Å². The Bertz CT molecular complexity index is 570. The Morgan fingerprint density at radius 3 is 2.64 bits per heavy atom. The predicted octanol–water partition coefficient (Wildman–Crippen LogP) is 2.64. The number of piperidine rings is 1. The summed E-state index contributed by atoms with van der Waals surface area (Å²) in [6, 6.07) is 3.87. The van der Waals surface area contributed by atoms with Crippen molar-refractivity contribution in [3.8, 4) is 5.75 Å². The topological polar surface area (TPSA) is 51.1 Å². The highest BCUT2D eigenvalue weighted by Crippen LogP contribution is 2.19. The van der Waals surface area contributed by atoms with E-state index in [1.807, 2.05) is 30.8 Å². The zero-order chi connectivity index (χ0) is 15.2. The van der Waals surface area contributed by atoms with E-state index in [1.54, 1.807) is 24.2 Å². The highest BCUT2D eigenvalue weighted by Gasteiger charge is 2.20. The Balaban J connectivity index is 1.47. The Kier molecular flexibility index (Phi) is 5.24. The first kappa shape index (κ1) is 15.2. The van der Waals surface area contributed by atoms with E-state index in [9.17, 15) is 0 Å². The van der Waals surface area contributed by atoms with Gasteiger partial charge in [0.05, 0.1) is 6.20 Å². The van der Waals surface area contributed by atoms with Crippen LogP contribution in [0, 0.1) is 0 Å². The lowest BCUT2D eigenvalue weighted by atomic mass is 10.1. The molecule has 3 rings (SSSR count). The van der Waals surface area contributed by atoms with Crippen LogP contribution in [0.4, 0.5) is 0 Å². The van der Waals surface area contributed by atoms with Crippen molar-refractivity contribution >= 4 is 11.8 Å². The lowest BCUT2D eigenvalue weighted by molar-refractivity contribution is 0.0964. The highest BCUT2D eigenvalue weighted by molar-refractivity contribution is 7.98. The Morgan fingerprint density at radius 1 is 1.23 bits per heavy atom. The number of hydrogen-bond donors (Lipinski definition) is 0. The maximum Gasteiger partial charge on any atom is 0.187 e. The number of thioether (sulfide) groups is 1. The average molecular weight is 316 g/mol. The van der Waals surface area contributed by atoms with Crippen LogP contribution in [0.2, 0.25) is 0 Å². The maximum absolute atomic E-state index is 5.97. The zero-order valence-electron chi connectivity index (χ0n) is 12.7. The number of nitrogens with zero attached hydrogens (tertiary/aromatic N) is 4. The molecule has 0 atom stereocenters. The molecule has 6 heteroatoms. The van der Waals surface area contributed by atoms with Gasteiger partial charge >= 0.3 is 0 Å². The molecule has 0 radical (unpaired) electrons. The second kappa shape index (κ2) is 7.56. The van der Waals surface area contributed by atoms with E-state index < -0.39 is 0 Å². The fourth-order valence-corrected chi connectivity index (χ4v) is 2.90. The Labute approximate surface area is 135 Å². The molecule has 22 heavy (non-hydrogen) atoms. The van der Waals surface area contributed by atoms with Crippen molar-refractivity contribution < 1.29 is 4.74 Å². The van der Waals surface area contributed by atoms with Gasteiger partial charge in [0, 0.05) is 43.8 Å². The number of rotatable bonds is 5. The molecule has 0 spiro atoms. The summed E-state index contributed by atoms with van der Waals surface area (Å²) >= 11 is 1.57. The fourth-order valence-electron chi connectivity index (χ4n) is 2.58. The summed E-state index contributed by atoms with van der Waals surface area (Å²) in [5.74, 6) is 0.863. The van der Waals surface area contributed by atoms with Crippen molar-refractivity contribution in [3.63, 3.8) is 0 Å². The summed E-state index contributed by atoms with van der Waals surface area (Å²) < 4.78 is 5.97. The molecule has 0 N–H and O–H groups in total.